The number of hydrogen-bond acceptors (Lipinski definition) is 6. The van der Waals surface area contributed by atoms with Crippen LogP contribution in [0.4, 0.5) is 0 Å². The lowest BCUT2D eigenvalue weighted by Gasteiger charge is -2.42. The maximum atomic E-state index is 14.1. The maximum absolute atomic E-state index is 14.1. The minimum atomic E-state index is -0.872. The van der Waals surface area contributed by atoms with Gasteiger partial charge in [-0.05, 0) is 46.5 Å². The van der Waals surface area contributed by atoms with Crippen LogP contribution < -0.4 is 0 Å². The average molecular weight is 477 g/mol. The average Bonchev–Trinajstić information content (AvgIpc) is 3.14. The van der Waals surface area contributed by atoms with Gasteiger partial charge in [-0.25, -0.2) is 0 Å². The summed E-state index contributed by atoms with van der Waals surface area (Å²) >= 11 is 1.55. The first kappa shape index (κ1) is 24.3. The monoisotopic (exact) mass is 476 g/mol. The van der Waals surface area contributed by atoms with E-state index in [1.807, 2.05) is 45.9 Å². The minimum absolute atomic E-state index is 0.121. The summed E-state index contributed by atoms with van der Waals surface area (Å²) in [6, 6.07) is -1.25. The van der Waals surface area contributed by atoms with Gasteiger partial charge in [0.25, 0.3) is 0 Å². The third-order valence-electron chi connectivity index (χ3n) is 7.42. The van der Waals surface area contributed by atoms with Crippen LogP contribution in [0.5, 0.6) is 0 Å². The number of amides is 2. The molecule has 1 N–H and O–H groups in total. The molecule has 0 bridgehead atoms. The summed E-state index contributed by atoms with van der Waals surface area (Å²) in [5.41, 5.74) is -0.430. The van der Waals surface area contributed by atoms with E-state index in [4.69, 9.17) is 4.74 Å². The van der Waals surface area contributed by atoms with Crippen LogP contribution in [0.15, 0.2) is 24.3 Å². The van der Waals surface area contributed by atoms with Crippen LogP contribution in [-0.2, 0) is 19.1 Å². The fourth-order valence-corrected chi connectivity index (χ4v) is 7.75. The summed E-state index contributed by atoms with van der Waals surface area (Å²) < 4.78 is 4.75. The van der Waals surface area contributed by atoms with E-state index < -0.39 is 34.2 Å². The fourth-order valence-electron chi connectivity index (χ4n) is 5.77. The zero-order valence-electron chi connectivity index (χ0n) is 20.0. The highest BCUT2D eigenvalue weighted by Gasteiger charge is 2.71. The number of aliphatic hydroxyl groups excluding tert-OH is 1. The summed E-state index contributed by atoms with van der Waals surface area (Å²) in [6.07, 6.45) is 11.3. The number of nitrogens with zero attached hydrogens (tertiary/aromatic N) is 2. The number of allylic oxidation sites excluding steroid dienone is 1. The fraction of sp³-hybridized carbons (Fsp3) is 0.720. The zero-order valence-corrected chi connectivity index (χ0v) is 20.8. The van der Waals surface area contributed by atoms with Gasteiger partial charge < -0.3 is 19.6 Å². The molecule has 0 aliphatic carbocycles. The lowest BCUT2D eigenvalue weighted by molar-refractivity contribution is -0.154. The van der Waals surface area contributed by atoms with E-state index >= 15 is 0 Å². The number of likely N-dealkylation sites (tertiary alicyclic amines) is 1. The Morgan fingerprint density at radius 3 is 2.64 bits per heavy atom. The molecule has 0 saturated carbocycles. The molecule has 2 fully saturated rings. The molecule has 0 radical (unpaired) electrons. The van der Waals surface area contributed by atoms with Crippen molar-refractivity contribution in [2.75, 3.05) is 19.8 Å². The topological polar surface area (TPSA) is 87.2 Å². The number of ether oxygens (including phenoxy) is 1. The Bertz CT molecular complexity index is 861. The van der Waals surface area contributed by atoms with Crippen molar-refractivity contribution in [1.29, 1.82) is 0 Å². The Kier molecular flexibility index (Phi) is 6.71. The number of rotatable bonds is 3. The second-order valence-electron chi connectivity index (χ2n) is 10.4. The van der Waals surface area contributed by atoms with Gasteiger partial charge in [0.2, 0.25) is 11.8 Å². The van der Waals surface area contributed by atoms with Crippen molar-refractivity contribution in [3.63, 3.8) is 0 Å². The normalized spacial score (nSPS) is 36.6. The van der Waals surface area contributed by atoms with Gasteiger partial charge in [0, 0.05) is 17.3 Å². The Morgan fingerprint density at radius 2 is 1.97 bits per heavy atom. The number of thioether (sulfide) groups is 1. The van der Waals surface area contributed by atoms with Gasteiger partial charge in [-0.2, -0.15) is 0 Å². The van der Waals surface area contributed by atoms with Crippen molar-refractivity contribution >= 4 is 29.5 Å². The smallest absolute Gasteiger partial charge is 0.311 e. The first-order valence-corrected chi connectivity index (χ1v) is 13.0. The number of carbonyl (C=O) groups excluding carboxylic acids is 3. The SMILES string of the molecule is CC[C@@H](CO)N1C(=O)[C@@H]2[C@H]3C(=O)OCCCC/C=C\[C@H]3S[C@@]23C=CCN(C(C)(C)C)C(=O)C13. The quantitative estimate of drug-likeness (QED) is 0.498. The first-order valence-electron chi connectivity index (χ1n) is 12.1. The molecular weight excluding hydrogens is 440 g/mol. The predicted molar refractivity (Wildman–Crippen MR) is 127 cm³/mol. The highest BCUT2D eigenvalue weighted by atomic mass is 32.2. The summed E-state index contributed by atoms with van der Waals surface area (Å²) in [4.78, 5) is 44.8. The van der Waals surface area contributed by atoms with Crippen molar-refractivity contribution in [3.8, 4) is 0 Å². The molecule has 0 aromatic carbocycles. The van der Waals surface area contributed by atoms with E-state index in [0.717, 1.165) is 19.3 Å². The molecule has 182 valence electrons. The molecule has 2 amide bonds. The Labute approximate surface area is 200 Å². The summed E-state index contributed by atoms with van der Waals surface area (Å²) in [6.45, 7) is 8.44. The Hall–Kier alpha value is -1.80. The standard InChI is InChI=1S/C25H36N2O5S/c1-5-16(15-28)27-20-22(30)26(24(2,3)4)13-10-12-25(20)19(21(27)29)18-17(33-25)11-8-6-7-9-14-32-23(18)31/h8,10-12,16-20,28H,5-7,9,13-15H2,1-4H3/b11-8-/t16-,17+,18-,19-,20?,25-/m0/s1. The molecule has 2 saturated heterocycles. The van der Waals surface area contributed by atoms with Gasteiger partial charge in [-0.3, -0.25) is 14.4 Å². The lowest BCUT2D eigenvalue weighted by atomic mass is 9.78. The molecule has 6 atom stereocenters. The first-order chi connectivity index (χ1) is 15.7. The maximum Gasteiger partial charge on any atom is 0.311 e. The van der Waals surface area contributed by atoms with Crippen LogP contribution in [0.25, 0.3) is 0 Å². The third kappa shape index (κ3) is 3.93. The summed E-state index contributed by atoms with van der Waals surface area (Å²) in [5.74, 6) is -2.06. The van der Waals surface area contributed by atoms with E-state index in [1.54, 1.807) is 21.6 Å². The molecule has 1 spiro atoms. The number of esters is 1. The second-order valence-corrected chi connectivity index (χ2v) is 11.9. The molecule has 7 nitrogen and oxygen atoms in total. The highest BCUT2D eigenvalue weighted by molar-refractivity contribution is 8.02. The number of cyclic esters (lactones) is 1. The summed E-state index contributed by atoms with van der Waals surface area (Å²) in [5, 5.41) is 9.89. The molecule has 8 heteroatoms. The van der Waals surface area contributed by atoms with Crippen molar-refractivity contribution < 1.29 is 24.2 Å². The van der Waals surface area contributed by atoms with Crippen molar-refractivity contribution in [2.24, 2.45) is 11.8 Å². The van der Waals surface area contributed by atoms with Crippen molar-refractivity contribution in [3.05, 3.63) is 24.3 Å². The number of hydrogen-bond donors (Lipinski definition) is 1. The molecule has 4 heterocycles. The molecule has 0 aromatic rings. The van der Waals surface area contributed by atoms with Gasteiger partial charge in [0.15, 0.2) is 0 Å². The molecule has 4 rings (SSSR count). The largest absolute Gasteiger partial charge is 0.465 e. The molecule has 4 aliphatic rings. The highest BCUT2D eigenvalue weighted by Crippen LogP contribution is 2.61. The van der Waals surface area contributed by atoms with E-state index in [9.17, 15) is 19.5 Å². The van der Waals surface area contributed by atoms with Gasteiger partial charge in [-0.15, -0.1) is 11.8 Å². The molecule has 4 aliphatic heterocycles. The van der Waals surface area contributed by atoms with E-state index in [-0.39, 0.29) is 29.6 Å². The van der Waals surface area contributed by atoms with Crippen molar-refractivity contribution in [2.45, 2.75) is 81.0 Å². The predicted octanol–water partition coefficient (Wildman–Crippen LogP) is 2.53. The van der Waals surface area contributed by atoms with E-state index in [2.05, 4.69) is 6.08 Å². The van der Waals surface area contributed by atoms with Crippen LogP contribution in [-0.4, -0.2) is 80.1 Å². The molecular formula is C25H36N2O5S. The van der Waals surface area contributed by atoms with Crippen LogP contribution in [0, 0.1) is 11.8 Å². The Morgan fingerprint density at radius 1 is 1.21 bits per heavy atom. The molecule has 0 aromatic heterocycles. The van der Waals surface area contributed by atoms with Crippen LogP contribution in [0.3, 0.4) is 0 Å². The van der Waals surface area contributed by atoms with Crippen LogP contribution >= 0.6 is 11.8 Å². The third-order valence-corrected chi connectivity index (χ3v) is 9.17. The Balaban J connectivity index is 1.87. The minimum Gasteiger partial charge on any atom is -0.465 e. The number of carbonyl (C=O) groups is 3. The number of fused-ring (bicyclic) bond motifs is 2. The van der Waals surface area contributed by atoms with Gasteiger partial charge in [0.1, 0.15) is 6.04 Å². The summed E-state index contributed by atoms with van der Waals surface area (Å²) in [7, 11) is 0. The van der Waals surface area contributed by atoms with Gasteiger partial charge in [-0.1, -0.05) is 31.2 Å². The zero-order chi connectivity index (χ0) is 24.0. The second kappa shape index (κ2) is 9.10. The molecule has 33 heavy (non-hydrogen) atoms. The lowest BCUT2D eigenvalue weighted by Crippen LogP contribution is -2.59. The van der Waals surface area contributed by atoms with Crippen LogP contribution in [0.1, 0.15) is 53.4 Å². The van der Waals surface area contributed by atoms with E-state index in [0.29, 0.717) is 19.6 Å². The molecule has 1 unspecified atom stereocenters. The van der Waals surface area contributed by atoms with Crippen molar-refractivity contribution in [1.82, 2.24) is 9.80 Å². The van der Waals surface area contributed by atoms with Gasteiger partial charge in [0.05, 0.1) is 35.8 Å². The van der Waals surface area contributed by atoms with E-state index in [1.165, 1.54) is 0 Å². The number of aliphatic hydroxyl groups is 1. The van der Waals surface area contributed by atoms with Gasteiger partial charge >= 0.3 is 5.97 Å². The van der Waals surface area contributed by atoms with Crippen LogP contribution in [0.2, 0.25) is 0 Å².